The fraction of sp³-hybridized carbons (Fsp3) is 0.312. The molecule has 0 radical (unpaired) electrons. The van der Waals surface area contributed by atoms with E-state index in [0.29, 0.717) is 12.1 Å². The highest BCUT2D eigenvalue weighted by molar-refractivity contribution is 5.35. The number of rotatable bonds is 4. The van der Waals surface area contributed by atoms with Crippen LogP contribution in [-0.2, 0) is 6.18 Å². The van der Waals surface area contributed by atoms with Crippen LogP contribution in [0.5, 0.6) is 0 Å². The van der Waals surface area contributed by atoms with E-state index in [1.165, 1.54) is 12.1 Å². The van der Waals surface area contributed by atoms with Gasteiger partial charge in [-0.1, -0.05) is 25.1 Å². The SMILES string of the molecule is CCNC(c1cccc(C(F)(F)F)c1)c1ncccc1C. The molecule has 21 heavy (non-hydrogen) atoms. The van der Waals surface area contributed by atoms with Crippen LogP contribution in [0.25, 0.3) is 0 Å². The van der Waals surface area contributed by atoms with Gasteiger partial charge >= 0.3 is 6.18 Å². The van der Waals surface area contributed by atoms with Gasteiger partial charge in [-0.2, -0.15) is 13.2 Å². The molecule has 1 aromatic heterocycles. The van der Waals surface area contributed by atoms with E-state index in [-0.39, 0.29) is 6.04 Å². The van der Waals surface area contributed by atoms with Crippen LogP contribution in [0.1, 0.15) is 35.3 Å². The van der Waals surface area contributed by atoms with E-state index in [2.05, 4.69) is 10.3 Å². The van der Waals surface area contributed by atoms with Crippen LogP contribution in [0, 0.1) is 6.92 Å². The van der Waals surface area contributed by atoms with Crippen molar-refractivity contribution in [3.8, 4) is 0 Å². The first-order chi connectivity index (χ1) is 9.93. The quantitative estimate of drug-likeness (QED) is 0.918. The van der Waals surface area contributed by atoms with E-state index in [1.807, 2.05) is 26.0 Å². The van der Waals surface area contributed by atoms with Gasteiger partial charge in [-0.15, -0.1) is 0 Å². The molecule has 0 spiro atoms. The third kappa shape index (κ3) is 3.61. The lowest BCUT2D eigenvalue weighted by Crippen LogP contribution is -2.24. The minimum absolute atomic E-state index is 0.349. The summed E-state index contributed by atoms with van der Waals surface area (Å²) in [6, 6.07) is 8.75. The van der Waals surface area contributed by atoms with Crippen LogP contribution in [0.3, 0.4) is 0 Å². The van der Waals surface area contributed by atoms with Crippen molar-refractivity contribution in [3.63, 3.8) is 0 Å². The van der Waals surface area contributed by atoms with Crippen LogP contribution >= 0.6 is 0 Å². The summed E-state index contributed by atoms with van der Waals surface area (Å²) < 4.78 is 38.6. The molecule has 5 heteroatoms. The number of aryl methyl sites for hydroxylation is 1. The molecule has 1 aromatic carbocycles. The molecule has 0 amide bonds. The second-order valence-electron chi connectivity index (χ2n) is 4.82. The molecule has 2 nitrogen and oxygen atoms in total. The Morgan fingerprint density at radius 3 is 2.57 bits per heavy atom. The fourth-order valence-corrected chi connectivity index (χ4v) is 2.27. The number of hydrogen-bond acceptors (Lipinski definition) is 2. The van der Waals surface area contributed by atoms with Crippen LogP contribution in [0.4, 0.5) is 13.2 Å². The molecular formula is C16H17F3N2. The molecule has 0 bridgehead atoms. The highest BCUT2D eigenvalue weighted by Crippen LogP contribution is 2.32. The van der Waals surface area contributed by atoms with Crippen molar-refractivity contribution in [2.45, 2.75) is 26.1 Å². The standard InChI is InChI=1S/C16H17F3N2/c1-3-20-15(14-11(2)6-5-9-21-14)12-7-4-8-13(10-12)16(17,18)19/h4-10,15,20H,3H2,1-2H3. The second-order valence-corrected chi connectivity index (χ2v) is 4.82. The zero-order valence-corrected chi connectivity index (χ0v) is 11.9. The zero-order chi connectivity index (χ0) is 15.5. The molecule has 1 unspecified atom stereocenters. The van der Waals surface area contributed by atoms with E-state index >= 15 is 0 Å². The maximum absolute atomic E-state index is 12.9. The lowest BCUT2D eigenvalue weighted by atomic mass is 9.98. The van der Waals surface area contributed by atoms with E-state index in [1.54, 1.807) is 12.3 Å². The number of nitrogens with one attached hydrogen (secondary N) is 1. The Morgan fingerprint density at radius 1 is 1.19 bits per heavy atom. The first kappa shape index (κ1) is 15.5. The van der Waals surface area contributed by atoms with Gasteiger partial charge in [-0.05, 0) is 42.8 Å². The number of aromatic nitrogens is 1. The highest BCUT2D eigenvalue weighted by Gasteiger charge is 2.31. The molecule has 1 heterocycles. The smallest absolute Gasteiger partial charge is 0.305 e. The predicted octanol–water partition coefficient (Wildman–Crippen LogP) is 4.11. The van der Waals surface area contributed by atoms with Gasteiger partial charge in [0.1, 0.15) is 0 Å². The largest absolute Gasteiger partial charge is 0.416 e. The van der Waals surface area contributed by atoms with E-state index in [0.717, 1.165) is 17.3 Å². The van der Waals surface area contributed by atoms with Crippen molar-refractivity contribution < 1.29 is 13.2 Å². The molecule has 1 atom stereocenters. The van der Waals surface area contributed by atoms with E-state index in [4.69, 9.17) is 0 Å². The molecule has 0 aliphatic carbocycles. The molecule has 112 valence electrons. The number of hydrogen-bond donors (Lipinski definition) is 1. The van der Waals surface area contributed by atoms with Crippen molar-refractivity contribution in [1.29, 1.82) is 0 Å². The topological polar surface area (TPSA) is 24.9 Å². The van der Waals surface area contributed by atoms with Crippen LogP contribution < -0.4 is 5.32 Å². The Labute approximate surface area is 122 Å². The summed E-state index contributed by atoms with van der Waals surface area (Å²) in [4.78, 5) is 4.32. The van der Waals surface area contributed by atoms with E-state index in [9.17, 15) is 13.2 Å². The highest BCUT2D eigenvalue weighted by atomic mass is 19.4. The van der Waals surface area contributed by atoms with Crippen LogP contribution in [0.2, 0.25) is 0 Å². The molecule has 1 N–H and O–H groups in total. The van der Waals surface area contributed by atoms with Crippen LogP contribution in [-0.4, -0.2) is 11.5 Å². The Kier molecular flexibility index (Phi) is 4.63. The van der Waals surface area contributed by atoms with Crippen molar-refractivity contribution in [3.05, 3.63) is 65.0 Å². The van der Waals surface area contributed by atoms with Gasteiger partial charge in [0, 0.05) is 6.20 Å². The number of halogens is 3. The molecular weight excluding hydrogens is 277 g/mol. The minimum atomic E-state index is -4.34. The monoisotopic (exact) mass is 294 g/mol. The van der Waals surface area contributed by atoms with Gasteiger partial charge in [0.05, 0.1) is 17.3 Å². The zero-order valence-electron chi connectivity index (χ0n) is 11.9. The minimum Gasteiger partial charge on any atom is -0.305 e. The molecule has 2 aromatic rings. The number of benzene rings is 1. The maximum Gasteiger partial charge on any atom is 0.416 e. The molecule has 0 fully saturated rings. The number of pyridine rings is 1. The van der Waals surface area contributed by atoms with Crippen molar-refractivity contribution in [1.82, 2.24) is 10.3 Å². The molecule has 0 saturated heterocycles. The normalized spacial score (nSPS) is 13.2. The third-order valence-electron chi connectivity index (χ3n) is 3.28. The number of nitrogens with zero attached hydrogens (tertiary/aromatic N) is 1. The Morgan fingerprint density at radius 2 is 1.95 bits per heavy atom. The van der Waals surface area contributed by atoms with Crippen molar-refractivity contribution in [2.75, 3.05) is 6.54 Å². The average Bonchev–Trinajstić information content (AvgIpc) is 2.45. The van der Waals surface area contributed by atoms with Gasteiger partial charge in [-0.25, -0.2) is 0 Å². The molecule has 0 saturated carbocycles. The maximum atomic E-state index is 12.9. The average molecular weight is 294 g/mol. The second kappa shape index (κ2) is 6.26. The van der Waals surface area contributed by atoms with E-state index < -0.39 is 11.7 Å². The summed E-state index contributed by atoms with van der Waals surface area (Å²) in [5.74, 6) is 0. The predicted molar refractivity (Wildman–Crippen MR) is 75.9 cm³/mol. The van der Waals surface area contributed by atoms with Gasteiger partial charge < -0.3 is 5.32 Å². The van der Waals surface area contributed by atoms with Crippen molar-refractivity contribution >= 4 is 0 Å². The summed E-state index contributed by atoms with van der Waals surface area (Å²) in [6.07, 6.45) is -2.69. The summed E-state index contributed by atoms with van der Waals surface area (Å²) in [5.41, 5.74) is 1.62. The summed E-state index contributed by atoms with van der Waals surface area (Å²) in [6.45, 7) is 4.45. The van der Waals surface area contributed by atoms with Crippen molar-refractivity contribution in [2.24, 2.45) is 0 Å². The molecule has 2 rings (SSSR count). The lowest BCUT2D eigenvalue weighted by molar-refractivity contribution is -0.137. The molecule has 0 aliphatic rings. The van der Waals surface area contributed by atoms with Gasteiger partial charge in [-0.3, -0.25) is 4.98 Å². The summed E-state index contributed by atoms with van der Waals surface area (Å²) >= 11 is 0. The Hall–Kier alpha value is -1.88. The Balaban J connectivity index is 2.46. The van der Waals surface area contributed by atoms with Gasteiger partial charge in [0.2, 0.25) is 0 Å². The van der Waals surface area contributed by atoms with Gasteiger partial charge in [0.15, 0.2) is 0 Å². The Bertz CT molecular complexity index is 608. The molecule has 0 aliphatic heterocycles. The van der Waals surface area contributed by atoms with Gasteiger partial charge in [0.25, 0.3) is 0 Å². The number of alkyl halides is 3. The fourth-order valence-electron chi connectivity index (χ4n) is 2.27. The van der Waals surface area contributed by atoms with Crippen LogP contribution in [0.15, 0.2) is 42.6 Å². The first-order valence-corrected chi connectivity index (χ1v) is 6.75. The first-order valence-electron chi connectivity index (χ1n) is 6.75. The summed E-state index contributed by atoms with van der Waals surface area (Å²) in [5, 5.41) is 3.20. The third-order valence-corrected chi connectivity index (χ3v) is 3.28. The lowest BCUT2D eigenvalue weighted by Gasteiger charge is -2.20. The summed E-state index contributed by atoms with van der Waals surface area (Å²) in [7, 11) is 0.